The highest BCUT2D eigenvalue weighted by Gasteiger charge is 2.33. The molecule has 7 nitrogen and oxygen atoms in total. The first-order valence-electron chi connectivity index (χ1n) is 11.1. The van der Waals surface area contributed by atoms with Crippen molar-refractivity contribution < 1.29 is 18.0 Å². The summed E-state index contributed by atoms with van der Waals surface area (Å²) in [6.45, 7) is 3.01. The van der Waals surface area contributed by atoms with Gasteiger partial charge >= 0.3 is 0 Å². The molecular formula is C26H27BrClN3O4S. The lowest BCUT2D eigenvalue weighted by atomic mass is 10.1. The van der Waals surface area contributed by atoms with E-state index in [4.69, 9.17) is 11.6 Å². The Morgan fingerprint density at radius 1 is 1.03 bits per heavy atom. The maximum absolute atomic E-state index is 13.7. The molecule has 1 unspecified atom stereocenters. The van der Waals surface area contributed by atoms with Gasteiger partial charge in [-0.3, -0.25) is 13.9 Å². The Morgan fingerprint density at radius 2 is 1.69 bits per heavy atom. The Labute approximate surface area is 225 Å². The molecule has 3 aromatic carbocycles. The molecule has 0 aromatic heterocycles. The number of halogens is 2. The zero-order chi connectivity index (χ0) is 26.5. The molecule has 3 rings (SSSR count). The predicted molar refractivity (Wildman–Crippen MR) is 145 cm³/mol. The van der Waals surface area contributed by atoms with Crippen molar-refractivity contribution in [1.82, 2.24) is 10.2 Å². The van der Waals surface area contributed by atoms with Gasteiger partial charge in [0.15, 0.2) is 0 Å². The van der Waals surface area contributed by atoms with E-state index in [0.29, 0.717) is 0 Å². The summed E-state index contributed by atoms with van der Waals surface area (Å²) in [5.41, 5.74) is 1.84. The molecular weight excluding hydrogens is 566 g/mol. The van der Waals surface area contributed by atoms with Gasteiger partial charge in [-0.2, -0.15) is 0 Å². The molecule has 0 saturated carbocycles. The Balaban J connectivity index is 2.05. The average molecular weight is 593 g/mol. The zero-order valence-corrected chi connectivity index (χ0v) is 23.3. The fourth-order valence-corrected chi connectivity index (χ4v) is 5.80. The predicted octanol–water partition coefficient (Wildman–Crippen LogP) is 4.77. The third-order valence-electron chi connectivity index (χ3n) is 5.66. The molecule has 36 heavy (non-hydrogen) atoms. The summed E-state index contributed by atoms with van der Waals surface area (Å²) in [5.74, 6) is -0.925. The van der Waals surface area contributed by atoms with E-state index < -0.39 is 28.5 Å². The van der Waals surface area contributed by atoms with Gasteiger partial charge in [0.2, 0.25) is 11.8 Å². The van der Waals surface area contributed by atoms with Crippen LogP contribution in [0.5, 0.6) is 0 Å². The third kappa shape index (κ3) is 6.46. The van der Waals surface area contributed by atoms with Crippen LogP contribution in [0.2, 0.25) is 5.02 Å². The Hall–Kier alpha value is -2.88. The zero-order valence-electron chi connectivity index (χ0n) is 20.1. The third-order valence-corrected chi connectivity index (χ3v) is 8.25. The topological polar surface area (TPSA) is 86.8 Å². The molecule has 2 amide bonds. The first kappa shape index (κ1) is 27.7. The Morgan fingerprint density at radius 3 is 2.31 bits per heavy atom. The number of sulfonamides is 1. The second kappa shape index (κ2) is 11.9. The number of rotatable bonds is 9. The lowest BCUT2D eigenvalue weighted by Gasteiger charge is -2.32. The monoisotopic (exact) mass is 591 g/mol. The highest BCUT2D eigenvalue weighted by molar-refractivity contribution is 9.10. The van der Waals surface area contributed by atoms with E-state index in [9.17, 15) is 18.0 Å². The number of para-hydroxylation sites is 1. The smallest absolute Gasteiger partial charge is 0.264 e. The van der Waals surface area contributed by atoms with Crippen molar-refractivity contribution in [3.63, 3.8) is 0 Å². The Kier molecular flexibility index (Phi) is 9.16. The number of carbonyl (C=O) groups is 2. The number of benzene rings is 3. The van der Waals surface area contributed by atoms with Crippen LogP contribution in [0.25, 0.3) is 0 Å². The first-order chi connectivity index (χ1) is 17.0. The van der Waals surface area contributed by atoms with E-state index in [1.807, 2.05) is 31.2 Å². The van der Waals surface area contributed by atoms with Crippen LogP contribution in [-0.2, 0) is 26.2 Å². The fraction of sp³-hybridized carbons (Fsp3) is 0.231. The summed E-state index contributed by atoms with van der Waals surface area (Å²) < 4.78 is 29.3. The molecule has 0 spiro atoms. The van der Waals surface area contributed by atoms with Gasteiger partial charge in [0, 0.05) is 18.1 Å². The van der Waals surface area contributed by atoms with Crippen LogP contribution < -0.4 is 9.62 Å². The summed E-state index contributed by atoms with van der Waals surface area (Å²) in [7, 11) is -2.68. The summed E-state index contributed by atoms with van der Waals surface area (Å²) in [4.78, 5) is 27.6. The number of hydrogen-bond donors (Lipinski definition) is 1. The van der Waals surface area contributed by atoms with Gasteiger partial charge in [-0.05, 0) is 55.8 Å². The summed E-state index contributed by atoms with van der Waals surface area (Å²) in [5, 5.41) is 2.74. The van der Waals surface area contributed by atoms with Crippen LogP contribution in [0.15, 0.2) is 82.2 Å². The van der Waals surface area contributed by atoms with E-state index in [2.05, 4.69) is 21.2 Å². The summed E-state index contributed by atoms with van der Waals surface area (Å²) in [6, 6.07) is 19.3. The normalized spacial score (nSPS) is 12.0. The van der Waals surface area contributed by atoms with Crippen molar-refractivity contribution in [3.05, 3.63) is 93.4 Å². The van der Waals surface area contributed by atoms with Gasteiger partial charge in [-0.25, -0.2) is 8.42 Å². The molecule has 1 atom stereocenters. The van der Waals surface area contributed by atoms with E-state index in [-0.39, 0.29) is 28.1 Å². The molecule has 0 heterocycles. The molecule has 0 aliphatic rings. The number of nitrogens with zero attached hydrogens (tertiary/aromatic N) is 2. The quantitative estimate of drug-likeness (QED) is 0.388. The molecule has 0 aliphatic carbocycles. The molecule has 0 bridgehead atoms. The highest BCUT2D eigenvalue weighted by Crippen LogP contribution is 2.31. The SMILES string of the molecule is CNC(=O)C(C)N(Cc1cccc(Br)c1)C(=O)CN(c1ccccc1Cl)S(=O)(=O)c1ccc(C)cc1. The molecule has 1 N–H and O–H groups in total. The fourth-order valence-electron chi connectivity index (χ4n) is 3.63. The lowest BCUT2D eigenvalue weighted by molar-refractivity contribution is -0.139. The number of aryl methyl sites for hydroxylation is 1. The second-order valence-corrected chi connectivity index (χ2v) is 11.4. The van der Waals surface area contributed by atoms with Crippen LogP contribution >= 0.6 is 27.5 Å². The van der Waals surface area contributed by atoms with E-state index >= 15 is 0 Å². The van der Waals surface area contributed by atoms with E-state index in [0.717, 1.165) is 19.9 Å². The maximum Gasteiger partial charge on any atom is 0.264 e. The van der Waals surface area contributed by atoms with Gasteiger partial charge in [0.1, 0.15) is 12.6 Å². The standard InChI is InChI=1S/C26H27BrClN3O4S/c1-18-11-13-22(14-12-18)36(34,35)31(24-10-5-4-9-23(24)28)17-25(32)30(19(2)26(33)29-3)16-20-7-6-8-21(27)15-20/h4-15,19H,16-17H2,1-3H3,(H,29,33). The number of anilines is 1. The van der Waals surface area contributed by atoms with E-state index in [1.54, 1.807) is 43.3 Å². The molecule has 190 valence electrons. The van der Waals surface area contributed by atoms with Gasteiger partial charge in [-0.15, -0.1) is 0 Å². The lowest BCUT2D eigenvalue weighted by Crippen LogP contribution is -2.50. The second-order valence-electron chi connectivity index (χ2n) is 8.22. The van der Waals surface area contributed by atoms with Crippen molar-refractivity contribution in [2.45, 2.75) is 31.3 Å². The number of amides is 2. The average Bonchev–Trinajstić information content (AvgIpc) is 2.85. The Bertz CT molecular complexity index is 1350. The number of hydrogen-bond acceptors (Lipinski definition) is 4. The van der Waals surface area contributed by atoms with Crippen LogP contribution in [0, 0.1) is 6.92 Å². The van der Waals surface area contributed by atoms with Gasteiger partial charge in [0.25, 0.3) is 10.0 Å². The number of carbonyl (C=O) groups excluding carboxylic acids is 2. The van der Waals surface area contributed by atoms with Crippen LogP contribution in [0.4, 0.5) is 5.69 Å². The van der Waals surface area contributed by atoms with Gasteiger partial charge in [0.05, 0.1) is 15.6 Å². The number of likely N-dealkylation sites (N-methyl/N-ethyl adjacent to an activating group) is 1. The van der Waals surface area contributed by atoms with Crippen molar-refractivity contribution in [2.75, 3.05) is 17.9 Å². The molecule has 10 heteroatoms. The van der Waals surface area contributed by atoms with Crippen molar-refractivity contribution in [1.29, 1.82) is 0 Å². The maximum atomic E-state index is 13.7. The molecule has 0 radical (unpaired) electrons. The summed E-state index contributed by atoms with van der Waals surface area (Å²) >= 11 is 9.80. The number of nitrogens with one attached hydrogen (secondary N) is 1. The minimum absolute atomic E-state index is 0.0266. The van der Waals surface area contributed by atoms with Crippen LogP contribution in [-0.4, -0.2) is 44.8 Å². The largest absolute Gasteiger partial charge is 0.357 e. The van der Waals surface area contributed by atoms with Crippen molar-refractivity contribution >= 4 is 55.1 Å². The van der Waals surface area contributed by atoms with Crippen LogP contribution in [0.1, 0.15) is 18.1 Å². The molecule has 0 saturated heterocycles. The first-order valence-corrected chi connectivity index (χ1v) is 13.7. The molecule has 0 fully saturated rings. The van der Waals surface area contributed by atoms with Gasteiger partial charge in [-0.1, -0.05) is 69.5 Å². The highest BCUT2D eigenvalue weighted by atomic mass is 79.9. The minimum Gasteiger partial charge on any atom is -0.357 e. The van der Waals surface area contributed by atoms with Crippen molar-refractivity contribution in [2.24, 2.45) is 0 Å². The van der Waals surface area contributed by atoms with Crippen LogP contribution in [0.3, 0.4) is 0 Å². The van der Waals surface area contributed by atoms with E-state index in [1.165, 1.54) is 24.1 Å². The molecule has 3 aromatic rings. The minimum atomic E-state index is -4.16. The summed E-state index contributed by atoms with van der Waals surface area (Å²) in [6.07, 6.45) is 0. The van der Waals surface area contributed by atoms with Crippen molar-refractivity contribution in [3.8, 4) is 0 Å². The molecule has 0 aliphatic heterocycles. The van der Waals surface area contributed by atoms with Gasteiger partial charge < -0.3 is 10.2 Å².